The Morgan fingerprint density at radius 3 is 2.42 bits per heavy atom. The Labute approximate surface area is 124 Å². The minimum absolute atomic E-state index is 0.344. The van der Waals surface area contributed by atoms with Crippen molar-refractivity contribution in [2.45, 2.75) is 44.9 Å². The van der Waals surface area contributed by atoms with E-state index < -0.39 is 0 Å². The topological polar surface area (TPSA) is 0 Å². The molecule has 0 N–H and O–H groups in total. The second kappa shape index (κ2) is 4.63. The van der Waals surface area contributed by atoms with Crippen LogP contribution in [0.15, 0.2) is 30.3 Å². The molecule has 0 aliphatic heterocycles. The summed E-state index contributed by atoms with van der Waals surface area (Å²) in [6.45, 7) is 6.92. The number of rotatable bonds is 2. The Balaban J connectivity index is 2.11. The van der Waals surface area contributed by atoms with E-state index in [0.717, 1.165) is 6.42 Å². The molecule has 1 aliphatic rings. The van der Waals surface area contributed by atoms with Crippen LogP contribution in [0.25, 0.3) is 10.8 Å². The van der Waals surface area contributed by atoms with E-state index in [2.05, 4.69) is 67.0 Å². The highest BCUT2D eigenvalue weighted by molar-refractivity contribution is 9.09. The fraction of sp³-hybridized carbons (Fsp3) is 0.444. The van der Waals surface area contributed by atoms with E-state index in [1.165, 1.54) is 40.3 Å². The number of hydrogen-bond donors (Lipinski definition) is 0. The lowest BCUT2D eigenvalue weighted by molar-refractivity contribution is 0.377. The van der Waals surface area contributed by atoms with Crippen LogP contribution in [0.4, 0.5) is 0 Å². The highest BCUT2D eigenvalue weighted by Gasteiger charge is 2.22. The van der Waals surface area contributed by atoms with Crippen molar-refractivity contribution in [1.29, 1.82) is 0 Å². The van der Waals surface area contributed by atoms with E-state index in [-0.39, 0.29) is 0 Å². The van der Waals surface area contributed by atoms with Crippen LogP contribution in [0.1, 0.15) is 48.7 Å². The molecular weight excluding hydrogens is 296 g/mol. The van der Waals surface area contributed by atoms with Crippen molar-refractivity contribution in [2.75, 3.05) is 0 Å². The Hall–Kier alpha value is -0.820. The van der Waals surface area contributed by atoms with Crippen LogP contribution < -0.4 is 0 Å². The van der Waals surface area contributed by atoms with Crippen LogP contribution in [-0.4, -0.2) is 0 Å². The van der Waals surface area contributed by atoms with Gasteiger partial charge in [-0.3, -0.25) is 0 Å². The summed E-state index contributed by atoms with van der Waals surface area (Å²) >= 11 is 3.91. The van der Waals surface area contributed by atoms with Crippen molar-refractivity contribution in [1.82, 2.24) is 0 Å². The number of benzene rings is 2. The monoisotopic (exact) mass is 316 g/mol. The highest BCUT2D eigenvalue weighted by atomic mass is 79.9. The summed E-state index contributed by atoms with van der Waals surface area (Å²) < 4.78 is 0. The van der Waals surface area contributed by atoms with Gasteiger partial charge in [0.15, 0.2) is 0 Å². The van der Waals surface area contributed by atoms with Gasteiger partial charge in [0.25, 0.3) is 0 Å². The fourth-order valence-electron chi connectivity index (χ4n) is 3.19. The average molecular weight is 317 g/mol. The molecule has 1 unspecified atom stereocenters. The maximum absolute atomic E-state index is 3.91. The quantitative estimate of drug-likeness (QED) is 0.613. The Kier molecular flexibility index (Phi) is 3.21. The predicted octanol–water partition coefficient (Wildman–Crippen LogP) is 5.81. The normalized spacial score (nSPS) is 16.0. The van der Waals surface area contributed by atoms with Gasteiger partial charge in [0, 0.05) is 4.83 Å². The summed E-state index contributed by atoms with van der Waals surface area (Å²) in [6, 6.07) is 11.5. The molecule has 2 aromatic carbocycles. The zero-order chi connectivity index (χ0) is 13.6. The van der Waals surface area contributed by atoms with Crippen LogP contribution in [0.2, 0.25) is 0 Å². The van der Waals surface area contributed by atoms with Gasteiger partial charge in [-0.2, -0.15) is 0 Å². The first-order valence-corrected chi connectivity index (χ1v) is 8.05. The van der Waals surface area contributed by atoms with Crippen molar-refractivity contribution >= 4 is 26.7 Å². The van der Waals surface area contributed by atoms with E-state index in [9.17, 15) is 0 Å². The van der Waals surface area contributed by atoms with E-state index in [1.807, 2.05) is 0 Å². The fourth-order valence-corrected chi connectivity index (χ4v) is 4.56. The molecule has 0 radical (unpaired) electrons. The molecule has 0 aromatic heterocycles. The minimum Gasteiger partial charge on any atom is -0.0838 e. The molecular formula is C18H21Br. The molecule has 1 aliphatic carbocycles. The molecule has 3 rings (SSSR count). The summed E-state index contributed by atoms with van der Waals surface area (Å²) in [5.41, 5.74) is 4.86. The van der Waals surface area contributed by atoms with Crippen LogP contribution >= 0.6 is 15.9 Å². The average Bonchev–Trinajstić information content (AvgIpc) is 2.73. The van der Waals surface area contributed by atoms with E-state index in [1.54, 1.807) is 0 Å². The number of aryl methyl sites for hydroxylation is 2. The molecule has 19 heavy (non-hydrogen) atoms. The maximum Gasteiger partial charge on any atom is 0.0406 e. The number of alkyl halides is 1. The van der Waals surface area contributed by atoms with Gasteiger partial charge in [-0.05, 0) is 52.1 Å². The van der Waals surface area contributed by atoms with Gasteiger partial charge in [-0.15, -0.1) is 0 Å². The molecule has 0 amide bonds. The molecule has 1 heteroatoms. The Morgan fingerprint density at radius 1 is 1.05 bits per heavy atom. The molecule has 0 spiro atoms. The smallest absolute Gasteiger partial charge is 0.0406 e. The first-order chi connectivity index (χ1) is 8.96. The van der Waals surface area contributed by atoms with Crippen molar-refractivity contribution in [3.63, 3.8) is 0 Å². The Bertz CT molecular complexity index is 609. The van der Waals surface area contributed by atoms with Crippen molar-refractivity contribution in [3.05, 3.63) is 47.0 Å². The molecule has 0 nitrogen and oxygen atoms in total. The first kappa shape index (κ1) is 13.2. The third kappa shape index (κ3) is 2.45. The highest BCUT2D eigenvalue weighted by Crippen LogP contribution is 2.41. The zero-order valence-electron chi connectivity index (χ0n) is 12.0. The molecule has 100 valence electrons. The molecule has 1 atom stereocenters. The third-order valence-electron chi connectivity index (χ3n) is 4.04. The van der Waals surface area contributed by atoms with E-state index >= 15 is 0 Å². The number of halogens is 1. The van der Waals surface area contributed by atoms with Gasteiger partial charge >= 0.3 is 0 Å². The second-order valence-corrected chi connectivity index (χ2v) is 7.99. The summed E-state index contributed by atoms with van der Waals surface area (Å²) in [5.74, 6) is 0. The summed E-state index contributed by atoms with van der Waals surface area (Å²) in [6.07, 6.45) is 3.58. The van der Waals surface area contributed by atoms with Crippen molar-refractivity contribution in [3.8, 4) is 0 Å². The summed E-state index contributed by atoms with van der Waals surface area (Å²) in [7, 11) is 0. The van der Waals surface area contributed by atoms with Crippen LogP contribution in [0.3, 0.4) is 0 Å². The lowest BCUT2D eigenvalue weighted by atomic mass is 9.87. The largest absolute Gasteiger partial charge is 0.0838 e. The lowest BCUT2D eigenvalue weighted by Crippen LogP contribution is -2.08. The molecule has 0 bridgehead atoms. The molecule has 0 fully saturated rings. The predicted molar refractivity (Wildman–Crippen MR) is 87.1 cm³/mol. The van der Waals surface area contributed by atoms with Gasteiger partial charge in [-0.1, -0.05) is 67.0 Å². The second-order valence-electron chi connectivity index (χ2n) is 6.89. The summed E-state index contributed by atoms with van der Waals surface area (Å²) in [5, 5.41) is 2.98. The van der Waals surface area contributed by atoms with Crippen molar-refractivity contribution < 1.29 is 0 Å². The van der Waals surface area contributed by atoms with Crippen LogP contribution in [0.5, 0.6) is 0 Å². The van der Waals surface area contributed by atoms with Gasteiger partial charge in [0.2, 0.25) is 0 Å². The zero-order valence-corrected chi connectivity index (χ0v) is 13.5. The minimum atomic E-state index is 0.344. The van der Waals surface area contributed by atoms with Crippen molar-refractivity contribution in [2.24, 2.45) is 5.41 Å². The van der Waals surface area contributed by atoms with Gasteiger partial charge in [-0.25, -0.2) is 0 Å². The maximum atomic E-state index is 3.91. The first-order valence-electron chi connectivity index (χ1n) is 7.13. The molecule has 0 heterocycles. The van der Waals surface area contributed by atoms with Gasteiger partial charge < -0.3 is 0 Å². The van der Waals surface area contributed by atoms with E-state index in [4.69, 9.17) is 0 Å². The lowest BCUT2D eigenvalue weighted by Gasteiger charge is -2.23. The SMILES string of the molecule is CC(C)(C)CC(Br)c1ccc2c3c(cccc13)CC2. The van der Waals surface area contributed by atoms with E-state index in [0.29, 0.717) is 10.2 Å². The van der Waals surface area contributed by atoms with Crippen LogP contribution in [-0.2, 0) is 12.8 Å². The third-order valence-corrected chi connectivity index (χ3v) is 4.86. The molecule has 2 aromatic rings. The standard InChI is InChI=1S/C18H21Br/c1-18(2,3)11-16(19)14-10-9-13-8-7-12-5-4-6-15(14)17(12)13/h4-6,9-10,16H,7-8,11H2,1-3H3. The van der Waals surface area contributed by atoms with Gasteiger partial charge in [0.05, 0.1) is 0 Å². The summed E-state index contributed by atoms with van der Waals surface area (Å²) in [4.78, 5) is 0.442. The number of hydrogen-bond acceptors (Lipinski definition) is 0. The molecule has 0 saturated carbocycles. The Morgan fingerprint density at radius 2 is 1.74 bits per heavy atom. The van der Waals surface area contributed by atoms with Gasteiger partial charge in [0.1, 0.15) is 0 Å². The van der Waals surface area contributed by atoms with Crippen LogP contribution in [0, 0.1) is 5.41 Å². The molecule has 0 saturated heterocycles.